The molecular formula is C24H27N7OS2. The second-order valence-corrected chi connectivity index (χ2v) is 10.6. The Morgan fingerprint density at radius 2 is 1.79 bits per heavy atom. The van der Waals surface area contributed by atoms with E-state index in [4.69, 9.17) is 4.98 Å². The minimum atomic E-state index is -0.0399. The Hall–Kier alpha value is -2.79. The largest absolute Gasteiger partial charge is 0.323 e. The van der Waals surface area contributed by atoms with E-state index in [1.54, 1.807) is 11.8 Å². The molecule has 1 fully saturated rings. The highest BCUT2D eigenvalue weighted by atomic mass is 32.2. The fourth-order valence-electron chi connectivity index (χ4n) is 3.99. The number of hydrogen-bond acceptors (Lipinski definition) is 8. The van der Waals surface area contributed by atoms with Crippen LogP contribution in [0.25, 0.3) is 11.0 Å². The normalized spacial score (nSPS) is 15.1. The van der Waals surface area contributed by atoms with Gasteiger partial charge in [-0.2, -0.15) is 0 Å². The molecule has 0 atom stereocenters. The monoisotopic (exact) mass is 493 g/mol. The molecule has 0 aliphatic carbocycles. The number of carbonyl (C=O) groups is 1. The van der Waals surface area contributed by atoms with Crippen LogP contribution in [0.15, 0.2) is 58.9 Å². The molecule has 1 N–H and O–H groups in total. The lowest BCUT2D eigenvalue weighted by Crippen LogP contribution is -2.47. The highest BCUT2D eigenvalue weighted by molar-refractivity contribution is 8.00. The number of imidazole rings is 1. The third kappa shape index (κ3) is 5.64. The molecule has 1 aliphatic heterocycles. The van der Waals surface area contributed by atoms with Crippen molar-refractivity contribution in [2.75, 3.05) is 45.1 Å². The summed E-state index contributed by atoms with van der Waals surface area (Å²) in [4.78, 5) is 21.7. The van der Waals surface area contributed by atoms with Gasteiger partial charge in [-0.15, -0.1) is 10.2 Å². The number of aromatic nitrogens is 4. The number of nitrogens with zero attached hydrogens (tertiary/aromatic N) is 6. The molecule has 4 aromatic rings. The number of benzene rings is 2. The molecule has 0 radical (unpaired) electrons. The first-order chi connectivity index (χ1) is 16.6. The van der Waals surface area contributed by atoms with Crippen LogP contribution in [0.4, 0.5) is 5.13 Å². The summed E-state index contributed by atoms with van der Waals surface area (Å²) >= 11 is 3.00. The van der Waals surface area contributed by atoms with Crippen LogP contribution in [0.3, 0.4) is 0 Å². The lowest BCUT2D eigenvalue weighted by atomic mass is 10.2. The van der Waals surface area contributed by atoms with E-state index in [1.807, 2.05) is 24.3 Å². The number of fused-ring (bicyclic) bond motifs is 1. The minimum absolute atomic E-state index is 0.0399. The summed E-state index contributed by atoms with van der Waals surface area (Å²) in [7, 11) is 2.11. The van der Waals surface area contributed by atoms with Gasteiger partial charge in [0.15, 0.2) is 4.34 Å². The fourth-order valence-corrected chi connectivity index (χ4v) is 5.71. The summed E-state index contributed by atoms with van der Waals surface area (Å²) in [5.41, 5.74) is 3.34. The third-order valence-corrected chi connectivity index (χ3v) is 7.83. The lowest BCUT2D eigenvalue weighted by Gasteiger charge is -2.31. The molecule has 5 rings (SSSR count). The number of thioether (sulfide) groups is 1. The smallest absolute Gasteiger partial charge is 0.240 e. The van der Waals surface area contributed by atoms with Gasteiger partial charge < -0.3 is 9.47 Å². The van der Waals surface area contributed by atoms with E-state index >= 15 is 0 Å². The van der Waals surface area contributed by atoms with Gasteiger partial charge in [0.25, 0.3) is 0 Å². The van der Waals surface area contributed by atoms with Crippen LogP contribution in [-0.4, -0.2) is 75.2 Å². The number of para-hydroxylation sites is 2. The van der Waals surface area contributed by atoms with Crippen molar-refractivity contribution in [2.24, 2.45) is 0 Å². The minimum Gasteiger partial charge on any atom is -0.323 e. The standard InChI is InChI=1S/C24H27N7OS2/c1-29-11-13-30(14-12-29)16-22(32)26-23-27-28-24(34-23)33-17-21-25-19-9-5-6-10-20(19)31(21)15-18-7-3-2-4-8-18/h2-10H,11-17H2,1H3,(H,26,27,32). The Morgan fingerprint density at radius 3 is 2.62 bits per heavy atom. The van der Waals surface area contributed by atoms with Gasteiger partial charge >= 0.3 is 0 Å². The third-order valence-electron chi connectivity index (χ3n) is 5.86. The topological polar surface area (TPSA) is 79.2 Å². The summed E-state index contributed by atoms with van der Waals surface area (Å²) in [6.07, 6.45) is 0. The number of nitrogens with one attached hydrogen (secondary N) is 1. The first-order valence-electron chi connectivity index (χ1n) is 11.3. The van der Waals surface area contributed by atoms with Crippen LogP contribution in [0, 0.1) is 0 Å². The maximum Gasteiger partial charge on any atom is 0.240 e. The average molecular weight is 494 g/mol. The zero-order valence-corrected chi connectivity index (χ0v) is 20.7. The molecule has 0 bridgehead atoms. The highest BCUT2D eigenvalue weighted by Crippen LogP contribution is 2.29. The first kappa shape index (κ1) is 23.0. The maximum absolute atomic E-state index is 12.4. The molecule has 34 heavy (non-hydrogen) atoms. The van der Waals surface area contributed by atoms with Crippen molar-refractivity contribution in [3.8, 4) is 0 Å². The first-order valence-corrected chi connectivity index (χ1v) is 13.1. The number of anilines is 1. The summed E-state index contributed by atoms with van der Waals surface area (Å²) < 4.78 is 3.07. The van der Waals surface area contributed by atoms with Crippen LogP contribution >= 0.6 is 23.1 Å². The van der Waals surface area contributed by atoms with E-state index in [1.165, 1.54) is 16.9 Å². The van der Waals surface area contributed by atoms with E-state index in [0.29, 0.717) is 17.4 Å². The molecule has 1 amide bonds. The number of piperazine rings is 1. The molecule has 176 valence electrons. The second kappa shape index (κ2) is 10.6. The second-order valence-electron chi connectivity index (χ2n) is 8.38. The summed E-state index contributed by atoms with van der Waals surface area (Å²) in [6, 6.07) is 18.6. The Kier molecular flexibility index (Phi) is 7.19. The Bertz CT molecular complexity index is 1250. The van der Waals surface area contributed by atoms with Gasteiger partial charge in [-0.25, -0.2) is 4.98 Å². The Labute approximate surface area is 207 Å². The SMILES string of the molecule is CN1CCN(CC(=O)Nc2nnc(SCc3nc4ccccc4n3Cc3ccccc3)s2)CC1. The van der Waals surface area contributed by atoms with Crippen molar-refractivity contribution in [1.29, 1.82) is 0 Å². The van der Waals surface area contributed by atoms with E-state index in [9.17, 15) is 4.79 Å². The summed E-state index contributed by atoms with van der Waals surface area (Å²) in [5.74, 6) is 1.62. The van der Waals surface area contributed by atoms with E-state index in [0.717, 1.165) is 53.9 Å². The molecule has 3 heterocycles. The van der Waals surface area contributed by atoms with Gasteiger partial charge in [0.05, 0.1) is 23.3 Å². The van der Waals surface area contributed by atoms with Crippen LogP contribution in [0.5, 0.6) is 0 Å². The average Bonchev–Trinajstić information content (AvgIpc) is 3.44. The molecule has 1 saturated heterocycles. The van der Waals surface area contributed by atoms with Gasteiger partial charge in [0, 0.05) is 32.7 Å². The molecule has 0 saturated carbocycles. The van der Waals surface area contributed by atoms with Gasteiger partial charge in [-0.3, -0.25) is 15.0 Å². The van der Waals surface area contributed by atoms with E-state index in [-0.39, 0.29) is 5.91 Å². The zero-order valence-electron chi connectivity index (χ0n) is 19.1. The molecule has 0 unspecified atom stereocenters. The number of hydrogen-bond donors (Lipinski definition) is 1. The maximum atomic E-state index is 12.4. The van der Waals surface area contributed by atoms with Gasteiger partial charge in [0.1, 0.15) is 5.82 Å². The Balaban J connectivity index is 1.22. The van der Waals surface area contributed by atoms with Gasteiger partial charge in [-0.05, 0) is 24.7 Å². The molecular weight excluding hydrogens is 466 g/mol. The van der Waals surface area contributed by atoms with Crippen molar-refractivity contribution < 1.29 is 4.79 Å². The molecule has 2 aromatic carbocycles. The molecule has 8 nitrogen and oxygen atoms in total. The Morgan fingerprint density at radius 1 is 1.03 bits per heavy atom. The fraction of sp³-hybridized carbons (Fsp3) is 0.333. The van der Waals surface area contributed by atoms with Gasteiger partial charge in [0.2, 0.25) is 11.0 Å². The molecule has 10 heteroatoms. The van der Waals surface area contributed by atoms with E-state index in [2.05, 4.69) is 67.3 Å². The van der Waals surface area contributed by atoms with Crippen molar-refractivity contribution in [3.05, 3.63) is 66.0 Å². The summed E-state index contributed by atoms with van der Waals surface area (Å²) in [5, 5.41) is 11.9. The van der Waals surface area contributed by atoms with E-state index < -0.39 is 0 Å². The molecule has 1 aliphatic rings. The van der Waals surface area contributed by atoms with Crippen molar-refractivity contribution in [2.45, 2.75) is 16.6 Å². The number of amides is 1. The molecule has 2 aromatic heterocycles. The zero-order chi connectivity index (χ0) is 23.3. The van der Waals surface area contributed by atoms with Crippen LogP contribution in [-0.2, 0) is 17.1 Å². The highest BCUT2D eigenvalue weighted by Gasteiger charge is 2.18. The predicted octanol–water partition coefficient (Wildman–Crippen LogP) is 3.41. The van der Waals surface area contributed by atoms with Crippen LogP contribution in [0.1, 0.15) is 11.4 Å². The lowest BCUT2D eigenvalue weighted by molar-refractivity contribution is -0.117. The number of rotatable bonds is 8. The quantitative estimate of drug-likeness (QED) is 0.298. The predicted molar refractivity (Wildman–Crippen MR) is 137 cm³/mol. The van der Waals surface area contributed by atoms with Crippen molar-refractivity contribution in [3.63, 3.8) is 0 Å². The summed E-state index contributed by atoms with van der Waals surface area (Å²) in [6.45, 7) is 4.94. The number of carbonyl (C=O) groups excluding carboxylic acids is 1. The van der Waals surface area contributed by atoms with Crippen molar-refractivity contribution in [1.82, 2.24) is 29.5 Å². The van der Waals surface area contributed by atoms with Gasteiger partial charge in [-0.1, -0.05) is 65.6 Å². The van der Waals surface area contributed by atoms with Crippen LogP contribution < -0.4 is 5.32 Å². The molecule has 0 spiro atoms. The van der Waals surface area contributed by atoms with Crippen molar-refractivity contribution >= 4 is 45.2 Å². The van der Waals surface area contributed by atoms with Crippen LogP contribution in [0.2, 0.25) is 0 Å². The number of likely N-dealkylation sites (N-methyl/N-ethyl adjacent to an activating group) is 1.